The van der Waals surface area contributed by atoms with Gasteiger partial charge in [0, 0.05) is 17.6 Å². The molecular formula is C16H15NO. The topological polar surface area (TPSA) is 21.3 Å². The van der Waals surface area contributed by atoms with Crippen molar-refractivity contribution in [2.24, 2.45) is 0 Å². The van der Waals surface area contributed by atoms with E-state index in [0.29, 0.717) is 12.0 Å². The lowest BCUT2D eigenvalue weighted by Crippen LogP contribution is -2.16. The highest BCUT2D eigenvalue weighted by molar-refractivity contribution is 5.66. The van der Waals surface area contributed by atoms with E-state index in [1.165, 1.54) is 22.4 Å². The Hall–Kier alpha value is -1.96. The molecule has 0 spiro atoms. The number of rotatable bonds is 1. The van der Waals surface area contributed by atoms with Crippen LogP contribution in [0.15, 0.2) is 42.5 Å². The summed E-state index contributed by atoms with van der Waals surface area (Å²) in [6.07, 6.45) is 1.11. The van der Waals surface area contributed by atoms with Gasteiger partial charge in [0.25, 0.3) is 0 Å². The lowest BCUT2D eigenvalue weighted by molar-refractivity contribution is 0.414. The molecule has 2 aromatic carbocycles. The predicted octanol–water partition coefficient (Wildman–Crippen LogP) is 3.18. The first-order chi connectivity index (χ1) is 8.86. The van der Waals surface area contributed by atoms with Crippen LogP contribution in [0.25, 0.3) is 0 Å². The number of benzene rings is 2. The Bertz CT molecular complexity index is 620. The first-order valence-corrected chi connectivity index (χ1v) is 6.39. The third kappa shape index (κ3) is 1.23. The third-order valence-electron chi connectivity index (χ3n) is 4.17. The molecule has 1 heterocycles. The Kier molecular flexibility index (Phi) is 1.95. The highest BCUT2D eigenvalue weighted by atomic mass is 16.5. The molecule has 0 radical (unpaired) electrons. The molecule has 0 saturated heterocycles. The highest BCUT2D eigenvalue weighted by Crippen LogP contribution is 2.47. The van der Waals surface area contributed by atoms with Crippen LogP contribution in [-0.4, -0.2) is 13.2 Å². The van der Waals surface area contributed by atoms with Crippen LogP contribution in [0, 0.1) is 0 Å². The van der Waals surface area contributed by atoms with Gasteiger partial charge in [-0.15, -0.1) is 0 Å². The monoisotopic (exact) mass is 237 g/mol. The molecule has 2 nitrogen and oxygen atoms in total. The average Bonchev–Trinajstić information content (AvgIpc) is 2.93. The van der Waals surface area contributed by atoms with Gasteiger partial charge >= 0.3 is 0 Å². The van der Waals surface area contributed by atoms with Gasteiger partial charge in [-0.2, -0.15) is 0 Å². The van der Waals surface area contributed by atoms with Gasteiger partial charge in [-0.05, 0) is 41.3 Å². The van der Waals surface area contributed by atoms with E-state index >= 15 is 0 Å². The zero-order chi connectivity index (χ0) is 12.1. The Labute approximate surface area is 107 Å². The molecule has 1 N–H and O–H groups in total. The van der Waals surface area contributed by atoms with E-state index in [-0.39, 0.29) is 0 Å². The molecule has 1 aliphatic carbocycles. The Morgan fingerprint density at radius 1 is 1.11 bits per heavy atom. The molecule has 2 unspecified atom stereocenters. The number of ether oxygens (including phenoxy) is 1. The molecule has 0 bridgehead atoms. The van der Waals surface area contributed by atoms with Crippen LogP contribution >= 0.6 is 0 Å². The Morgan fingerprint density at radius 3 is 2.89 bits per heavy atom. The first kappa shape index (κ1) is 10.0. The van der Waals surface area contributed by atoms with Crippen molar-refractivity contribution in [2.45, 2.75) is 18.4 Å². The summed E-state index contributed by atoms with van der Waals surface area (Å²) in [7, 11) is 1.73. The second-order valence-electron chi connectivity index (χ2n) is 5.08. The summed E-state index contributed by atoms with van der Waals surface area (Å²) in [4.78, 5) is 0. The zero-order valence-electron chi connectivity index (χ0n) is 10.3. The van der Waals surface area contributed by atoms with Crippen molar-refractivity contribution in [3.63, 3.8) is 0 Å². The van der Waals surface area contributed by atoms with E-state index in [1.807, 2.05) is 0 Å². The van der Waals surface area contributed by atoms with Gasteiger partial charge in [-0.25, -0.2) is 0 Å². The van der Waals surface area contributed by atoms with Gasteiger partial charge in [0.1, 0.15) is 5.75 Å². The third-order valence-corrected chi connectivity index (χ3v) is 4.17. The summed E-state index contributed by atoms with van der Waals surface area (Å²) in [5, 5.41) is 3.64. The quantitative estimate of drug-likeness (QED) is 0.822. The number of hydrogen-bond acceptors (Lipinski definition) is 2. The molecule has 90 valence electrons. The standard InChI is InChI=1S/C16H15NO/c1-18-11-7-6-10-8-15-16(13(10)9-11)12-4-2-3-5-14(12)17-15/h2-7,9,15-17H,8H2,1H3. The van der Waals surface area contributed by atoms with Crippen LogP contribution in [0.1, 0.15) is 22.6 Å². The number of anilines is 1. The van der Waals surface area contributed by atoms with Crippen molar-refractivity contribution in [1.29, 1.82) is 0 Å². The van der Waals surface area contributed by atoms with Gasteiger partial charge < -0.3 is 10.1 Å². The molecule has 2 aliphatic rings. The SMILES string of the molecule is COc1ccc2c(c1)C1c3ccccc3NC1C2. The molecule has 1 aliphatic heterocycles. The van der Waals surface area contributed by atoms with E-state index in [0.717, 1.165) is 12.2 Å². The first-order valence-electron chi connectivity index (χ1n) is 6.39. The van der Waals surface area contributed by atoms with Gasteiger partial charge in [-0.1, -0.05) is 24.3 Å². The van der Waals surface area contributed by atoms with Gasteiger partial charge in [-0.3, -0.25) is 0 Å². The van der Waals surface area contributed by atoms with Crippen molar-refractivity contribution in [3.05, 3.63) is 59.2 Å². The number of nitrogens with one attached hydrogen (secondary N) is 1. The largest absolute Gasteiger partial charge is 0.497 e. The predicted molar refractivity (Wildman–Crippen MR) is 72.4 cm³/mol. The van der Waals surface area contributed by atoms with Crippen LogP contribution in [-0.2, 0) is 6.42 Å². The fourth-order valence-electron chi connectivity index (χ4n) is 3.36. The molecule has 0 saturated carbocycles. The molecule has 0 amide bonds. The number of para-hydroxylation sites is 1. The fourth-order valence-corrected chi connectivity index (χ4v) is 3.36. The fraction of sp³-hybridized carbons (Fsp3) is 0.250. The molecule has 0 fully saturated rings. The van der Waals surface area contributed by atoms with Crippen LogP contribution in [0.3, 0.4) is 0 Å². The molecule has 18 heavy (non-hydrogen) atoms. The lowest BCUT2D eigenvalue weighted by Gasteiger charge is -2.11. The van der Waals surface area contributed by atoms with Gasteiger partial charge in [0.05, 0.1) is 7.11 Å². The van der Waals surface area contributed by atoms with Crippen LogP contribution < -0.4 is 10.1 Å². The summed E-state index contributed by atoms with van der Waals surface area (Å²) < 4.78 is 5.36. The van der Waals surface area contributed by atoms with Crippen LogP contribution in [0.2, 0.25) is 0 Å². The summed E-state index contributed by atoms with van der Waals surface area (Å²) in [6.45, 7) is 0. The molecular weight excluding hydrogens is 222 g/mol. The lowest BCUT2D eigenvalue weighted by atomic mass is 9.93. The van der Waals surface area contributed by atoms with Crippen molar-refractivity contribution < 1.29 is 4.74 Å². The second-order valence-corrected chi connectivity index (χ2v) is 5.08. The minimum atomic E-state index is 0.492. The Balaban J connectivity index is 1.88. The van der Waals surface area contributed by atoms with Crippen molar-refractivity contribution >= 4 is 5.69 Å². The van der Waals surface area contributed by atoms with Crippen LogP contribution in [0.4, 0.5) is 5.69 Å². The van der Waals surface area contributed by atoms with Crippen molar-refractivity contribution in [1.82, 2.24) is 0 Å². The normalized spacial score (nSPS) is 22.9. The highest BCUT2D eigenvalue weighted by Gasteiger charge is 2.39. The molecule has 2 heteroatoms. The zero-order valence-corrected chi connectivity index (χ0v) is 10.3. The summed E-state index contributed by atoms with van der Waals surface area (Å²) >= 11 is 0. The molecule has 4 rings (SSSR count). The van der Waals surface area contributed by atoms with Gasteiger partial charge in [0.2, 0.25) is 0 Å². The minimum absolute atomic E-state index is 0.492. The minimum Gasteiger partial charge on any atom is -0.497 e. The van der Waals surface area contributed by atoms with E-state index in [4.69, 9.17) is 4.74 Å². The van der Waals surface area contributed by atoms with Crippen molar-refractivity contribution in [2.75, 3.05) is 12.4 Å². The van der Waals surface area contributed by atoms with Gasteiger partial charge in [0.15, 0.2) is 0 Å². The summed E-state index contributed by atoms with van der Waals surface area (Å²) in [5.74, 6) is 1.45. The van der Waals surface area contributed by atoms with Crippen LogP contribution in [0.5, 0.6) is 5.75 Å². The second kappa shape index (κ2) is 3.52. The maximum Gasteiger partial charge on any atom is 0.119 e. The molecule has 2 atom stereocenters. The van der Waals surface area contributed by atoms with E-state index in [2.05, 4.69) is 47.8 Å². The number of hydrogen-bond donors (Lipinski definition) is 1. The summed E-state index contributed by atoms with van der Waals surface area (Å²) in [5.41, 5.74) is 5.60. The Morgan fingerprint density at radius 2 is 2.00 bits per heavy atom. The molecule has 2 aromatic rings. The van der Waals surface area contributed by atoms with Crippen molar-refractivity contribution in [3.8, 4) is 5.75 Å². The van der Waals surface area contributed by atoms with E-state index in [9.17, 15) is 0 Å². The maximum atomic E-state index is 5.36. The van der Waals surface area contributed by atoms with E-state index < -0.39 is 0 Å². The smallest absolute Gasteiger partial charge is 0.119 e. The number of methoxy groups -OCH3 is 1. The molecule has 0 aromatic heterocycles. The maximum absolute atomic E-state index is 5.36. The summed E-state index contributed by atoms with van der Waals surface area (Å²) in [6, 6.07) is 15.6. The number of fused-ring (bicyclic) bond motifs is 5. The average molecular weight is 237 g/mol. The van der Waals surface area contributed by atoms with E-state index in [1.54, 1.807) is 7.11 Å².